The van der Waals surface area contributed by atoms with Gasteiger partial charge in [0.2, 0.25) is 0 Å². The van der Waals surface area contributed by atoms with Crippen molar-refractivity contribution in [2.45, 2.75) is 54.5 Å². The lowest BCUT2D eigenvalue weighted by Gasteiger charge is -2.34. The summed E-state index contributed by atoms with van der Waals surface area (Å²) >= 11 is 0. The SMILES string of the molecule is CCNCC(C)(Cc1cc(C)nn1CC)C(C)C. The summed E-state index contributed by atoms with van der Waals surface area (Å²) in [6.07, 6.45) is 1.09. The summed E-state index contributed by atoms with van der Waals surface area (Å²) in [5.41, 5.74) is 2.78. The highest BCUT2D eigenvalue weighted by Crippen LogP contribution is 2.31. The van der Waals surface area contributed by atoms with Gasteiger partial charge < -0.3 is 5.32 Å². The Labute approximate surface area is 112 Å². The molecule has 1 rings (SSSR count). The summed E-state index contributed by atoms with van der Waals surface area (Å²) in [5, 5.41) is 8.05. The van der Waals surface area contributed by atoms with Gasteiger partial charge in [0, 0.05) is 18.8 Å². The van der Waals surface area contributed by atoms with Gasteiger partial charge in [-0.1, -0.05) is 27.7 Å². The van der Waals surface area contributed by atoms with Gasteiger partial charge >= 0.3 is 0 Å². The lowest BCUT2D eigenvalue weighted by Crippen LogP contribution is -2.38. The van der Waals surface area contributed by atoms with Crippen molar-refractivity contribution < 1.29 is 0 Å². The minimum absolute atomic E-state index is 0.287. The highest BCUT2D eigenvalue weighted by atomic mass is 15.3. The Morgan fingerprint density at radius 2 is 2.06 bits per heavy atom. The Balaban J connectivity index is 2.88. The number of aromatic nitrogens is 2. The van der Waals surface area contributed by atoms with Crippen LogP contribution in [0.1, 0.15) is 46.0 Å². The summed E-state index contributed by atoms with van der Waals surface area (Å²) in [7, 11) is 0. The second-order valence-electron chi connectivity index (χ2n) is 5.86. The standard InChI is InChI=1S/C15H29N3/c1-7-16-11-15(6,12(3)4)10-14-9-13(5)17-18(14)8-2/h9,12,16H,7-8,10-11H2,1-6H3. The van der Waals surface area contributed by atoms with Crippen LogP contribution in [0.15, 0.2) is 6.07 Å². The molecule has 1 N–H and O–H groups in total. The second-order valence-corrected chi connectivity index (χ2v) is 5.86. The molecule has 1 atom stereocenters. The van der Waals surface area contributed by atoms with Crippen LogP contribution in [0.5, 0.6) is 0 Å². The predicted octanol–water partition coefficient (Wildman–Crippen LogP) is 3.03. The van der Waals surface area contributed by atoms with Crippen molar-refractivity contribution in [1.29, 1.82) is 0 Å². The van der Waals surface area contributed by atoms with Gasteiger partial charge in [0.15, 0.2) is 0 Å². The summed E-state index contributed by atoms with van der Waals surface area (Å²) in [6.45, 7) is 16.5. The van der Waals surface area contributed by atoms with E-state index in [2.05, 4.69) is 62.7 Å². The number of nitrogens with zero attached hydrogens (tertiary/aromatic N) is 2. The average Bonchev–Trinajstić information content (AvgIpc) is 2.66. The molecule has 104 valence electrons. The zero-order valence-corrected chi connectivity index (χ0v) is 12.9. The number of hydrogen-bond acceptors (Lipinski definition) is 2. The van der Waals surface area contributed by atoms with Crippen molar-refractivity contribution in [3.8, 4) is 0 Å². The van der Waals surface area contributed by atoms with Crippen LogP contribution in [0.25, 0.3) is 0 Å². The molecule has 0 spiro atoms. The molecular weight excluding hydrogens is 222 g/mol. The fraction of sp³-hybridized carbons (Fsp3) is 0.800. The Kier molecular flexibility index (Phi) is 5.39. The molecule has 1 aromatic rings. The Bertz CT molecular complexity index is 368. The van der Waals surface area contributed by atoms with E-state index in [-0.39, 0.29) is 5.41 Å². The Morgan fingerprint density at radius 3 is 2.56 bits per heavy atom. The minimum Gasteiger partial charge on any atom is -0.316 e. The zero-order chi connectivity index (χ0) is 13.8. The van der Waals surface area contributed by atoms with Crippen molar-refractivity contribution in [3.05, 3.63) is 17.5 Å². The first kappa shape index (κ1) is 15.2. The third kappa shape index (κ3) is 3.58. The molecule has 3 nitrogen and oxygen atoms in total. The fourth-order valence-electron chi connectivity index (χ4n) is 2.31. The molecule has 0 aliphatic rings. The van der Waals surface area contributed by atoms with Crippen LogP contribution < -0.4 is 5.32 Å². The first-order chi connectivity index (χ1) is 8.42. The van der Waals surface area contributed by atoms with Crippen molar-refractivity contribution in [2.75, 3.05) is 13.1 Å². The number of nitrogens with one attached hydrogen (secondary N) is 1. The van der Waals surface area contributed by atoms with E-state index < -0.39 is 0 Å². The van der Waals surface area contributed by atoms with Crippen molar-refractivity contribution in [3.63, 3.8) is 0 Å². The van der Waals surface area contributed by atoms with E-state index in [1.807, 2.05) is 0 Å². The monoisotopic (exact) mass is 251 g/mol. The Hall–Kier alpha value is -0.830. The van der Waals surface area contributed by atoms with Crippen molar-refractivity contribution in [2.24, 2.45) is 11.3 Å². The molecule has 0 saturated heterocycles. The molecule has 0 bridgehead atoms. The van der Waals surface area contributed by atoms with E-state index in [1.54, 1.807) is 0 Å². The summed E-state index contributed by atoms with van der Waals surface area (Å²) < 4.78 is 2.14. The number of rotatable bonds is 7. The first-order valence-corrected chi connectivity index (χ1v) is 7.17. The maximum Gasteiger partial charge on any atom is 0.0596 e. The lowest BCUT2D eigenvalue weighted by molar-refractivity contribution is 0.204. The maximum absolute atomic E-state index is 4.55. The fourth-order valence-corrected chi connectivity index (χ4v) is 2.31. The van der Waals surface area contributed by atoms with E-state index in [9.17, 15) is 0 Å². The van der Waals surface area contributed by atoms with E-state index in [1.165, 1.54) is 5.69 Å². The van der Waals surface area contributed by atoms with Crippen LogP contribution in [0.2, 0.25) is 0 Å². The quantitative estimate of drug-likeness (QED) is 0.807. The molecule has 0 aliphatic carbocycles. The van der Waals surface area contributed by atoms with Gasteiger partial charge in [-0.15, -0.1) is 0 Å². The summed E-state index contributed by atoms with van der Waals surface area (Å²) in [4.78, 5) is 0. The molecule has 0 amide bonds. The number of aryl methyl sites for hydroxylation is 2. The van der Waals surface area contributed by atoms with Crippen molar-refractivity contribution in [1.82, 2.24) is 15.1 Å². The van der Waals surface area contributed by atoms with Crippen LogP contribution in [0, 0.1) is 18.3 Å². The molecule has 1 aromatic heterocycles. The van der Waals surface area contributed by atoms with Crippen molar-refractivity contribution >= 4 is 0 Å². The molecule has 1 unspecified atom stereocenters. The third-order valence-corrected chi connectivity index (χ3v) is 4.04. The van der Waals surface area contributed by atoms with E-state index in [4.69, 9.17) is 0 Å². The zero-order valence-electron chi connectivity index (χ0n) is 12.9. The average molecular weight is 251 g/mol. The number of hydrogen-bond donors (Lipinski definition) is 1. The van der Waals surface area contributed by atoms with E-state index >= 15 is 0 Å². The largest absolute Gasteiger partial charge is 0.316 e. The molecule has 1 heterocycles. The maximum atomic E-state index is 4.55. The molecule has 0 aliphatic heterocycles. The molecule has 18 heavy (non-hydrogen) atoms. The van der Waals surface area contributed by atoms with E-state index in [0.717, 1.165) is 31.7 Å². The predicted molar refractivity (Wildman–Crippen MR) is 77.8 cm³/mol. The smallest absolute Gasteiger partial charge is 0.0596 e. The molecule has 0 saturated carbocycles. The lowest BCUT2D eigenvalue weighted by atomic mass is 9.75. The van der Waals surface area contributed by atoms with Gasteiger partial charge in [-0.2, -0.15) is 5.10 Å². The van der Waals surface area contributed by atoms with Gasteiger partial charge in [0.25, 0.3) is 0 Å². The first-order valence-electron chi connectivity index (χ1n) is 7.17. The van der Waals surface area contributed by atoms with Gasteiger partial charge in [-0.05, 0) is 44.2 Å². The van der Waals surface area contributed by atoms with Gasteiger partial charge in [0.05, 0.1) is 5.69 Å². The van der Waals surface area contributed by atoms with Gasteiger partial charge in [-0.3, -0.25) is 4.68 Å². The minimum atomic E-state index is 0.287. The summed E-state index contributed by atoms with van der Waals surface area (Å²) in [6, 6.07) is 2.23. The summed E-state index contributed by atoms with van der Waals surface area (Å²) in [5.74, 6) is 0.650. The second kappa shape index (κ2) is 6.37. The highest BCUT2D eigenvalue weighted by molar-refractivity contribution is 5.11. The van der Waals surface area contributed by atoms with Crippen LogP contribution in [0.4, 0.5) is 0 Å². The third-order valence-electron chi connectivity index (χ3n) is 4.04. The molecule has 0 radical (unpaired) electrons. The van der Waals surface area contributed by atoms with Gasteiger partial charge in [0.1, 0.15) is 0 Å². The highest BCUT2D eigenvalue weighted by Gasteiger charge is 2.29. The Morgan fingerprint density at radius 1 is 1.39 bits per heavy atom. The molecule has 3 heteroatoms. The van der Waals surface area contributed by atoms with Crippen LogP contribution in [-0.4, -0.2) is 22.9 Å². The van der Waals surface area contributed by atoms with Gasteiger partial charge in [-0.25, -0.2) is 0 Å². The normalized spacial score (nSPS) is 15.1. The topological polar surface area (TPSA) is 29.9 Å². The van der Waals surface area contributed by atoms with Crippen LogP contribution >= 0.6 is 0 Å². The molecule has 0 aromatic carbocycles. The van der Waals surface area contributed by atoms with E-state index in [0.29, 0.717) is 5.92 Å². The van der Waals surface area contributed by atoms with Crippen LogP contribution in [-0.2, 0) is 13.0 Å². The molecular formula is C15H29N3. The van der Waals surface area contributed by atoms with Crippen LogP contribution in [0.3, 0.4) is 0 Å². The molecule has 0 fully saturated rings.